The third kappa shape index (κ3) is 2.41. The Morgan fingerprint density at radius 3 is 3.06 bits per heavy atom. The number of aromatic nitrogens is 2. The Morgan fingerprint density at radius 2 is 2.41 bits per heavy atom. The second-order valence-corrected chi connectivity index (χ2v) is 5.40. The van der Waals surface area contributed by atoms with Crippen LogP contribution in [0.5, 0.6) is 0 Å². The molecule has 2 rings (SSSR count). The molecule has 1 aromatic heterocycles. The highest BCUT2D eigenvalue weighted by Crippen LogP contribution is 2.38. The van der Waals surface area contributed by atoms with Gasteiger partial charge in [-0.1, -0.05) is 6.92 Å². The van der Waals surface area contributed by atoms with Crippen molar-refractivity contribution in [2.24, 2.45) is 0 Å². The normalized spacial score (nSPS) is 29.5. The fraction of sp³-hybridized carbons (Fsp3) is 0.750. The zero-order valence-corrected chi connectivity index (χ0v) is 11.9. The minimum Gasteiger partial charge on any atom is -0.383 e. The first-order chi connectivity index (χ1) is 8.10. The summed E-state index contributed by atoms with van der Waals surface area (Å²) in [6, 6.07) is 0. The molecule has 0 radical (unpaired) electrons. The molecule has 2 atom stereocenters. The first kappa shape index (κ1) is 13.1. The average Bonchev–Trinajstić information content (AvgIpc) is 2.71. The molecule has 0 aliphatic carbocycles. The Hall–Kier alpha value is -0.390. The Balaban J connectivity index is 2.33. The number of aryl methyl sites for hydroxylation is 1. The fourth-order valence-electron chi connectivity index (χ4n) is 2.47. The van der Waals surface area contributed by atoms with Crippen molar-refractivity contribution >= 4 is 15.9 Å². The van der Waals surface area contributed by atoms with Crippen LogP contribution in [-0.4, -0.2) is 27.6 Å². The highest BCUT2D eigenvalue weighted by Gasteiger charge is 2.39. The van der Waals surface area contributed by atoms with Crippen LogP contribution in [0.4, 0.5) is 0 Å². The number of hydrogen-bond donors (Lipinski definition) is 1. The first-order valence-electron chi connectivity index (χ1n) is 6.16. The van der Waals surface area contributed by atoms with Crippen molar-refractivity contribution in [3.8, 4) is 0 Å². The third-order valence-electron chi connectivity index (χ3n) is 3.43. The van der Waals surface area contributed by atoms with Gasteiger partial charge >= 0.3 is 0 Å². The molecule has 0 amide bonds. The van der Waals surface area contributed by atoms with E-state index in [1.807, 2.05) is 11.6 Å². The topological polar surface area (TPSA) is 47.3 Å². The summed E-state index contributed by atoms with van der Waals surface area (Å²) in [6.07, 6.45) is 4.11. The van der Waals surface area contributed by atoms with Gasteiger partial charge in [0.2, 0.25) is 0 Å². The quantitative estimate of drug-likeness (QED) is 0.933. The second kappa shape index (κ2) is 5.08. The molecule has 1 saturated heterocycles. The van der Waals surface area contributed by atoms with Gasteiger partial charge in [0.1, 0.15) is 5.60 Å². The molecule has 1 aliphatic rings. The van der Waals surface area contributed by atoms with Gasteiger partial charge in [-0.3, -0.25) is 4.68 Å². The van der Waals surface area contributed by atoms with Crippen molar-refractivity contribution in [1.82, 2.24) is 9.78 Å². The summed E-state index contributed by atoms with van der Waals surface area (Å²) in [5.74, 6) is 0. The SMILES string of the molecule is CCC1CC(O)(c2c(Br)cnn2CC)CCO1. The van der Waals surface area contributed by atoms with Crippen LogP contribution in [0, 0.1) is 0 Å². The predicted octanol–water partition coefficient (Wildman–Crippen LogP) is 2.44. The van der Waals surface area contributed by atoms with Crippen LogP contribution >= 0.6 is 15.9 Å². The second-order valence-electron chi connectivity index (χ2n) is 4.54. The van der Waals surface area contributed by atoms with Crippen LogP contribution in [0.2, 0.25) is 0 Å². The minimum absolute atomic E-state index is 0.140. The van der Waals surface area contributed by atoms with Gasteiger partial charge < -0.3 is 9.84 Å². The van der Waals surface area contributed by atoms with Gasteiger partial charge in [0, 0.05) is 19.4 Å². The van der Waals surface area contributed by atoms with E-state index in [1.165, 1.54) is 0 Å². The molecule has 1 aromatic rings. The van der Waals surface area contributed by atoms with E-state index in [0.717, 1.165) is 23.1 Å². The van der Waals surface area contributed by atoms with Crippen molar-refractivity contribution in [3.63, 3.8) is 0 Å². The summed E-state index contributed by atoms with van der Waals surface area (Å²) in [7, 11) is 0. The lowest BCUT2D eigenvalue weighted by molar-refractivity contribution is -0.112. The summed E-state index contributed by atoms with van der Waals surface area (Å²) in [5, 5.41) is 15.1. The maximum atomic E-state index is 10.9. The number of nitrogens with zero attached hydrogens (tertiary/aromatic N) is 2. The van der Waals surface area contributed by atoms with Crippen molar-refractivity contribution in [3.05, 3.63) is 16.4 Å². The zero-order valence-electron chi connectivity index (χ0n) is 10.3. The lowest BCUT2D eigenvalue weighted by Gasteiger charge is -2.37. The lowest BCUT2D eigenvalue weighted by atomic mass is 9.86. The Kier molecular flexibility index (Phi) is 3.90. The number of aliphatic hydroxyl groups is 1. The number of ether oxygens (including phenoxy) is 1. The molecule has 17 heavy (non-hydrogen) atoms. The smallest absolute Gasteiger partial charge is 0.112 e. The van der Waals surface area contributed by atoms with Crippen molar-refractivity contribution < 1.29 is 9.84 Å². The van der Waals surface area contributed by atoms with Gasteiger partial charge in [0.05, 0.1) is 29.1 Å². The number of halogens is 1. The van der Waals surface area contributed by atoms with E-state index in [2.05, 4.69) is 28.0 Å². The first-order valence-corrected chi connectivity index (χ1v) is 6.95. The molecule has 0 spiro atoms. The Bertz CT molecular complexity index is 394. The van der Waals surface area contributed by atoms with Crippen LogP contribution in [0.25, 0.3) is 0 Å². The molecule has 5 heteroatoms. The summed E-state index contributed by atoms with van der Waals surface area (Å²) < 4.78 is 8.38. The molecule has 96 valence electrons. The maximum Gasteiger partial charge on any atom is 0.112 e. The standard InChI is InChI=1S/C12H19BrN2O2/c1-3-9-7-12(16,5-6-17-9)11-10(13)8-14-15(11)4-2/h8-9,16H,3-7H2,1-2H3. The fourth-order valence-corrected chi connectivity index (χ4v) is 3.14. The van der Waals surface area contributed by atoms with Crippen LogP contribution in [0.1, 0.15) is 38.8 Å². The summed E-state index contributed by atoms with van der Waals surface area (Å²) in [4.78, 5) is 0. The summed E-state index contributed by atoms with van der Waals surface area (Å²) in [5.41, 5.74) is 0.0753. The number of hydrogen-bond acceptors (Lipinski definition) is 3. The van der Waals surface area contributed by atoms with Crippen LogP contribution < -0.4 is 0 Å². The van der Waals surface area contributed by atoms with Crippen molar-refractivity contribution in [1.29, 1.82) is 0 Å². The van der Waals surface area contributed by atoms with E-state index in [0.29, 0.717) is 19.4 Å². The molecule has 1 N–H and O–H groups in total. The molecular formula is C12H19BrN2O2. The molecule has 2 heterocycles. The molecule has 0 aromatic carbocycles. The zero-order chi connectivity index (χ0) is 12.5. The van der Waals surface area contributed by atoms with Gasteiger partial charge in [-0.15, -0.1) is 0 Å². The van der Waals surface area contributed by atoms with Crippen LogP contribution in [-0.2, 0) is 16.9 Å². The molecular weight excluding hydrogens is 284 g/mol. The van der Waals surface area contributed by atoms with E-state index in [4.69, 9.17) is 4.74 Å². The van der Waals surface area contributed by atoms with Crippen molar-refractivity contribution in [2.75, 3.05) is 6.61 Å². The van der Waals surface area contributed by atoms with Crippen LogP contribution in [0.3, 0.4) is 0 Å². The largest absolute Gasteiger partial charge is 0.383 e. The van der Waals surface area contributed by atoms with E-state index < -0.39 is 5.60 Å². The van der Waals surface area contributed by atoms with Gasteiger partial charge in [-0.05, 0) is 29.3 Å². The van der Waals surface area contributed by atoms with Gasteiger partial charge in [0.25, 0.3) is 0 Å². The minimum atomic E-state index is -0.815. The van der Waals surface area contributed by atoms with E-state index in [-0.39, 0.29) is 6.10 Å². The van der Waals surface area contributed by atoms with Gasteiger partial charge in [-0.25, -0.2) is 0 Å². The lowest BCUT2D eigenvalue weighted by Crippen LogP contribution is -2.40. The summed E-state index contributed by atoms with van der Waals surface area (Å²) in [6.45, 7) is 5.49. The highest BCUT2D eigenvalue weighted by atomic mass is 79.9. The number of rotatable bonds is 3. The Morgan fingerprint density at radius 1 is 1.65 bits per heavy atom. The molecule has 2 unspecified atom stereocenters. The van der Waals surface area contributed by atoms with E-state index >= 15 is 0 Å². The average molecular weight is 303 g/mol. The van der Waals surface area contributed by atoms with Gasteiger partial charge in [0.15, 0.2) is 0 Å². The maximum absolute atomic E-state index is 10.9. The van der Waals surface area contributed by atoms with Crippen LogP contribution in [0.15, 0.2) is 10.7 Å². The van der Waals surface area contributed by atoms with Gasteiger partial charge in [-0.2, -0.15) is 5.10 Å². The molecule has 4 nitrogen and oxygen atoms in total. The van der Waals surface area contributed by atoms with E-state index in [9.17, 15) is 5.11 Å². The highest BCUT2D eigenvalue weighted by molar-refractivity contribution is 9.10. The summed E-state index contributed by atoms with van der Waals surface area (Å²) >= 11 is 3.49. The molecule has 1 aliphatic heterocycles. The molecule has 0 saturated carbocycles. The molecule has 0 bridgehead atoms. The van der Waals surface area contributed by atoms with Crippen molar-refractivity contribution in [2.45, 2.75) is 51.4 Å². The predicted molar refractivity (Wildman–Crippen MR) is 68.8 cm³/mol. The third-order valence-corrected chi connectivity index (χ3v) is 4.01. The Labute approximate surface area is 110 Å². The molecule has 1 fully saturated rings. The monoisotopic (exact) mass is 302 g/mol. The van der Waals surface area contributed by atoms with E-state index in [1.54, 1.807) is 6.20 Å².